The Balaban J connectivity index is 1.77. The Labute approximate surface area is 203 Å². The van der Waals surface area contributed by atoms with Gasteiger partial charge >= 0.3 is 5.97 Å². The summed E-state index contributed by atoms with van der Waals surface area (Å²) < 4.78 is 21.2. The maximum absolute atomic E-state index is 12.7. The lowest BCUT2D eigenvalue weighted by Gasteiger charge is -2.12. The van der Waals surface area contributed by atoms with Crippen molar-refractivity contribution < 1.29 is 28.5 Å². The third kappa shape index (κ3) is 6.62. The number of ether oxygens (including phenoxy) is 4. The molecule has 3 aromatic carbocycles. The van der Waals surface area contributed by atoms with Crippen molar-refractivity contribution >= 4 is 18.0 Å². The normalized spacial score (nSPS) is 10.6. The average molecular weight is 472 g/mol. The Morgan fingerprint density at radius 2 is 1.57 bits per heavy atom. The van der Waals surface area contributed by atoms with E-state index in [1.807, 2.05) is 36.4 Å². The quantitative estimate of drug-likeness (QED) is 0.216. The van der Waals surface area contributed by atoms with Gasteiger partial charge in [0.25, 0.3) is 5.91 Å². The summed E-state index contributed by atoms with van der Waals surface area (Å²) in [5, 5.41) is 12.2. The zero-order chi connectivity index (χ0) is 25.2. The smallest absolute Gasteiger partial charge is 0.343 e. The number of esters is 1. The van der Waals surface area contributed by atoms with Gasteiger partial charge in [-0.2, -0.15) is 5.26 Å². The lowest BCUT2D eigenvalue weighted by molar-refractivity contribution is -0.117. The van der Waals surface area contributed by atoms with Gasteiger partial charge in [0.2, 0.25) is 0 Å². The SMILES string of the molecule is COc1cc(OC)cc(C(=O)Oc2ccc(/C=C(\C#N)C(=O)NCc3ccccc3)cc2OC)c1. The fourth-order valence-electron chi connectivity index (χ4n) is 3.13. The monoisotopic (exact) mass is 472 g/mol. The minimum Gasteiger partial charge on any atom is -0.497 e. The highest BCUT2D eigenvalue weighted by Gasteiger charge is 2.16. The molecule has 0 aliphatic carbocycles. The fraction of sp³-hybridized carbons (Fsp3) is 0.148. The van der Waals surface area contributed by atoms with E-state index in [2.05, 4.69) is 5.32 Å². The second kappa shape index (κ2) is 11.9. The van der Waals surface area contributed by atoms with Crippen molar-refractivity contribution in [2.75, 3.05) is 21.3 Å². The Morgan fingerprint density at radius 3 is 2.17 bits per heavy atom. The second-order valence-corrected chi connectivity index (χ2v) is 7.24. The van der Waals surface area contributed by atoms with Gasteiger partial charge < -0.3 is 24.3 Å². The van der Waals surface area contributed by atoms with Gasteiger partial charge in [0, 0.05) is 12.6 Å². The van der Waals surface area contributed by atoms with Gasteiger partial charge in [-0.3, -0.25) is 4.79 Å². The van der Waals surface area contributed by atoms with Crippen LogP contribution in [0, 0.1) is 11.3 Å². The van der Waals surface area contributed by atoms with Crippen molar-refractivity contribution in [2.45, 2.75) is 6.54 Å². The minimum absolute atomic E-state index is 0.0730. The third-order valence-corrected chi connectivity index (χ3v) is 4.95. The molecular formula is C27H24N2O6. The molecule has 0 saturated heterocycles. The highest BCUT2D eigenvalue weighted by molar-refractivity contribution is 6.01. The molecule has 8 heteroatoms. The lowest BCUT2D eigenvalue weighted by Crippen LogP contribution is -2.23. The molecule has 0 radical (unpaired) electrons. The first-order valence-electron chi connectivity index (χ1n) is 10.5. The van der Waals surface area contributed by atoms with Crippen LogP contribution in [-0.4, -0.2) is 33.2 Å². The molecule has 0 spiro atoms. The van der Waals surface area contributed by atoms with E-state index < -0.39 is 11.9 Å². The maximum atomic E-state index is 12.7. The molecule has 0 bridgehead atoms. The Kier molecular flexibility index (Phi) is 8.46. The molecule has 0 aliphatic heterocycles. The first-order chi connectivity index (χ1) is 17.0. The van der Waals surface area contributed by atoms with Crippen molar-refractivity contribution in [1.82, 2.24) is 5.32 Å². The van der Waals surface area contributed by atoms with E-state index in [1.54, 1.807) is 18.2 Å². The van der Waals surface area contributed by atoms with Crippen LogP contribution in [0.3, 0.4) is 0 Å². The molecular weight excluding hydrogens is 448 g/mol. The van der Waals surface area contributed by atoms with Crippen molar-refractivity contribution in [3.63, 3.8) is 0 Å². The summed E-state index contributed by atoms with van der Waals surface area (Å²) in [6.07, 6.45) is 1.43. The van der Waals surface area contributed by atoms with Crippen LogP contribution in [0.5, 0.6) is 23.0 Å². The first-order valence-corrected chi connectivity index (χ1v) is 10.5. The van der Waals surface area contributed by atoms with Crippen LogP contribution in [0.2, 0.25) is 0 Å². The van der Waals surface area contributed by atoms with Gasteiger partial charge in [-0.1, -0.05) is 36.4 Å². The standard InChI is InChI=1S/C27H24N2O6/c1-32-22-13-20(14-23(15-22)33-2)27(31)35-24-10-9-19(12-25(24)34-3)11-21(16-28)26(30)29-17-18-7-5-4-6-8-18/h4-15H,17H2,1-3H3,(H,29,30)/b21-11+. The molecule has 8 nitrogen and oxygen atoms in total. The summed E-state index contributed by atoms with van der Waals surface area (Å²) in [5.41, 5.74) is 1.60. The first kappa shape index (κ1) is 24.9. The van der Waals surface area contributed by atoms with Gasteiger partial charge in [0.05, 0.1) is 26.9 Å². The van der Waals surface area contributed by atoms with E-state index in [0.717, 1.165) is 5.56 Å². The summed E-state index contributed by atoms with van der Waals surface area (Å²) in [6, 6.07) is 20.7. The Hall–Kier alpha value is -4.77. The number of carbonyl (C=O) groups excluding carboxylic acids is 2. The number of rotatable bonds is 9. The number of nitriles is 1. The van der Waals surface area contributed by atoms with E-state index >= 15 is 0 Å². The average Bonchev–Trinajstić information content (AvgIpc) is 2.91. The van der Waals surface area contributed by atoms with E-state index in [4.69, 9.17) is 18.9 Å². The molecule has 0 aromatic heterocycles. The van der Waals surface area contributed by atoms with Crippen LogP contribution in [-0.2, 0) is 11.3 Å². The van der Waals surface area contributed by atoms with Crippen molar-refractivity contribution in [3.8, 4) is 29.1 Å². The highest BCUT2D eigenvalue weighted by atomic mass is 16.6. The Bertz CT molecular complexity index is 1260. The molecule has 0 aliphatic rings. The van der Waals surface area contributed by atoms with Crippen LogP contribution in [0.1, 0.15) is 21.5 Å². The zero-order valence-corrected chi connectivity index (χ0v) is 19.5. The molecule has 35 heavy (non-hydrogen) atoms. The highest BCUT2D eigenvalue weighted by Crippen LogP contribution is 2.31. The van der Waals surface area contributed by atoms with E-state index in [0.29, 0.717) is 23.6 Å². The number of benzene rings is 3. The number of carbonyl (C=O) groups is 2. The number of hydrogen-bond donors (Lipinski definition) is 1. The molecule has 0 atom stereocenters. The van der Waals surface area contributed by atoms with Crippen LogP contribution in [0.15, 0.2) is 72.3 Å². The number of amides is 1. The minimum atomic E-state index is -0.637. The molecule has 0 fully saturated rings. The van der Waals surface area contributed by atoms with Crippen LogP contribution < -0.4 is 24.3 Å². The number of nitrogens with one attached hydrogen (secondary N) is 1. The van der Waals surface area contributed by atoms with Crippen molar-refractivity contribution in [3.05, 3.63) is 89.0 Å². The number of hydrogen-bond acceptors (Lipinski definition) is 7. The molecule has 3 rings (SSSR count). The van der Waals surface area contributed by atoms with E-state index in [9.17, 15) is 14.9 Å². The van der Waals surface area contributed by atoms with Gasteiger partial charge in [-0.05, 0) is 41.5 Å². The third-order valence-electron chi connectivity index (χ3n) is 4.95. The molecule has 0 saturated carbocycles. The summed E-state index contributed by atoms with van der Waals surface area (Å²) in [5.74, 6) is 0.170. The van der Waals surface area contributed by atoms with Gasteiger partial charge in [0.1, 0.15) is 23.1 Å². The molecule has 0 heterocycles. The van der Waals surface area contributed by atoms with Crippen LogP contribution in [0.4, 0.5) is 0 Å². The second-order valence-electron chi connectivity index (χ2n) is 7.24. The fourth-order valence-corrected chi connectivity index (χ4v) is 3.13. The summed E-state index contributed by atoms with van der Waals surface area (Å²) in [6.45, 7) is 0.298. The molecule has 0 unspecified atom stereocenters. The van der Waals surface area contributed by atoms with Gasteiger partial charge in [-0.15, -0.1) is 0 Å². The number of methoxy groups -OCH3 is 3. The van der Waals surface area contributed by atoms with Crippen LogP contribution >= 0.6 is 0 Å². The number of nitrogens with zero attached hydrogens (tertiary/aromatic N) is 1. The largest absolute Gasteiger partial charge is 0.497 e. The predicted octanol–water partition coefficient (Wildman–Crippen LogP) is 4.15. The lowest BCUT2D eigenvalue weighted by atomic mass is 10.1. The van der Waals surface area contributed by atoms with Gasteiger partial charge in [0.15, 0.2) is 11.5 Å². The maximum Gasteiger partial charge on any atom is 0.343 e. The molecule has 1 amide bonds. The topological polar surface area (TPSA) is 107 Å². The van der Waals surface area contributed by atoms with Gasteiger partial charge in [-0.25, -0.2) is 4.79 Å². The Morgan fingerprint density at radius 1 is 0.886 bits per heavy atom. The zero-order valence-electron chi connectivity index (χ0n) is 19.5. The predicted molar refractivity (Wildman–Crippen MR) is 129 cm³/mol. The van der Waals surface area contributed by atoms with E-state index in [1.165, 1.54) is 45.6 Å². The summed E-state index contributed by atoms with van der Waals surface area (Å²) in [4.78, 5) is 25.2. The molecule has 178 valence electrons. The summed E-state index contributed by atoms with van der Waals surface area (Å²) in [7, 11) is 4.39. The molecule has 3 aromatic rings. The van der Waals surface area contributed by atoms with Crippen LogP contribution in [0.25, 0.3) is 6.08 Å². The molecule has 1 N–H and O–H groups in total. The summed E-state index contributed by atoms with van der Waals surface area (Å²) >= 11 is 0. The van der Waals surface area contributed by atoms with E-state index in [-0.39, 0.29) is 22.6 Å². The van der Waals surface area contributed by atoms with Crippen molar-refractivity contribution in [2.24, 2.45) is 0 Å². The van der Waals surface area contributed by atoms with Crippen molar-refractivity contribution in [1.29, 1.82) is 5.26 Å².